The molecule has 2 aliphatic heterocycles. The number of nitrogens with zero attached hydrogens (tertiary/aromatic N) is 6. The summed E-state index contributed by atoms with van der Waals surface area (Å²) in [6.45, 7) is 3.45. The van der Waals surface area contributed by atoms with Crippen molar-refractivity contribution in [3.05, 3.63) is 64.2 Å². The smallest absolute Gasteiger partial charge is 0.247 e. The van der Waals surface area contributed by atoms with Gasteiger partial charge in [-0.25, -0.2) is 9.07 Å². The predicted octanol–water partition coefficient (Wildman–Crippen LogP) is 4.67. The van der Waals surface area contributed by atoms with E-state index in [0.29, 0.717) is 28.6 Å². The van der Waals surface area contributed by atoms with Crippen molar-refractivity contribution in [3.63, 3.8) is 0 Å². The van der Waals surface area contributed by atoms with Crippen LogP contribution in [-0.4, -0.2) is 41.9 Å². The Bertz CT molecular complexity index is 1200. The van der Waals surface area contributed by atoms with Crippen LogP contribution in [0.2, 0.25) is 5.15 Å². The van der Waals surface area contributed by atoms with Crippen molar-refractivity contribution in [2.24, 2.45) is 0 Å². The molecule has 1 saturated heterocycles. The molecule has 9 heteroatoms. The number of aromatic nitrogens is 5. The summed E-state index contributed by atoms with van der Waals surface area (Å²) < 4.78 is 17.0. The first-order chi connectivity index (χ1) is 16.0. The standard InChI is InChI=1S/C24H26ClFN6O/c1-16-19(23(25)32(29-16)18-10-8-17(26)9-11-18)12-13-22(33)30-15-5-6-20(30)24-28-27-21-7-3-2-4-14-31(21)24/h8-13,20H,2-7,14-15H2,1H3/b13-12+. The van der Waals surface area contributed by atoms with Gasteiger partial charge in [-0.1, -0.05) is 18.0 Å². The molecule has 0 radical (unpaired) electrons. The summed E-state index contributed by atoms with van der Waals surface area (Å²) in [7, 11) is 0. The maximum absolute atomic E-state index is 13.3. The Balaban J connectivity index is 1.37. The van der Waals surface area contributed by atoms with Gasteiger partial charge in [0.15, 0.2) is 5.82 Å². The molecule has 0 bridgehead atoms. The van der Waals surface area contributed by atoms with Gasteiger partial charge in [-0.2, -0.15) is 5.10 Å². The monoisotopic (exact) mass is 468 g/mol. The molecule has 4 heterocycles. The van der Waals surface area contributed by atoms with Crippen molar-refractivity contribution >= 4 is 23.6 Å². The summed E-state index contributed by atoms with van der Waals surface area (Å²) in [5.41, 5.74) is 2.01. The number of amides is 1. The second-order valence-electron chi connectivity index (χ2n) is 8.64. The van der Waals surface area contributed by atoms with E-state index in [1.165, 1.54) is 18.6 Å². The summed E-state index contributed by atoms with van der Waals surface area (Å²) in [5, 5.41) is 13.7. The number of fused-ring (bicyclic) bond motifs is 1. The van der Waals surface area contributed by atoms with Crippen LogP contribution < -0.4 is 0 Å². The lowest BCUT2D eigenvalue weighted by molar-refractivity contribution is -0.127. The first-order valence-electron chi connectivity index (χ1n) is 11.4. The van der Waals surface area contributed by atoms with Crippen LogP contribution in [-0.2, 0) is 17.8 Å². The first-order valence-corrected chi connectivity index (χ1v) is 11.8. The van der Waals surface area contributed by atoms with E-state index < -0.39 is 0 Å². The molecule has 0 N–H and O–H groups in total. The average Bonchev–Trinajstić information content (AvgIpc) is 3.46. The van der Waals surface area contributed by atoms with Crippen molar-refractivity contribution in [1.82, 2.24) is 29.4 Å². The maximum Gasteiger partial charge on any atom is 0.247 e. The first kappa shape index (κ1) is 21.8. The van der Waals surface area contributed by atoms with E-state index in [1.807, 2.05) is 11.8 Å². The predicted molar refractivity (Wildman–Crippen MR) is 124 cm³/mol. The zero-order valence-corrected chi connectivity index (χ0v) is 19.3. The topological polar surface area (TPSA) is 68.8 Å². The fourth-order valence-corrected chi connectivity index (χ4v) is 5.09. The number of benzene rings is 1. The van der Waals surface area contributed by atoms with Crippen LogP contribution in [0, 0.1) is 12.7 Å². The van der Waals surface area contributed by atoms with Crippen LogP contribution in [0.5, 0.6) is 0 Å². The highest BCUT2D eigenvalue weighted by Crippen LogP contribution is 2.33. The Morgan fingerprint density at radius 3 is 2.76 bits per heavy atom. The van der Waals surface area contributed by atoms with Gasteiger partial charge in [0.05, 0.1) is 17.4 Å². The highest BCUT2D eigenvalue weighted by molar-refractivity contribution is 6.31. The molecule has 1 aromatic carbocycles. The van der Waals surface area contributed by atoms with E-state index in [1.54, 1.807) is 29.0 Å². The van der Waals surface area contributed by atoms with Crippen LogP contribution in [0.1, 0.15) is 61.1 Å². The van der Waals surface area contributed by atoms with E-state index in [-0.39, 0.29) is 17.8 Å². The zero-order valence-electron chi connectivity index (χ0n) is 18.5. The van der Waals surface area contributed by atoms with E-state index in [9.17, 15) is 9.18 Å². The van der Waals surface area contributed by atoms with Crippen LogP contribution in [0.25, 0.3) is 11.8 Å². The van der Waals surface area contributed by atoms with Gasteiger partial charge >= 0.3 is 0 Å². The lowest BCUT2D eigenvalue weighted by atomic mass is 10.2. The molecule has 1 fully saturated rings. The molecule has 2 aliphatic rings. The summed E-state index contributed by atoms with van der Waals surface area (Å²) in [4.78, 5) is 15.0. The lowest BCUT2D eigenvalue weighted by Gasteiger charge is -2.23. The van der Waals surface area contributed by atoms with Gasteiger partial charge in [-0.3, -0.25) is 4.79 Å². The normalized spacial score (nSPS) is 18.6. The third-order valence-corrected chi connectivity index (χ3v) is 6.85. The lowest BCUT2D eigenvalue weighted by Crippen LogP contribution is -2.30. The fourth-order valence-electron chi connectivity index (χ4n) is 4.76. The highest BCUT2D eigenvalue weighted by atomic mass is 35.5. The SMILES string of the molecule is Cc1nn(-c2ccc(F)cc2)c(Cl)c1/C=C/C(=O)N1CCCC1c1nnc2n1CCCCC2. The molecule has 1 unspecified atom stereocenters. The van der Waals surface area contributed by atoms with E-state index in [0.717, 1.165) is 50.3 Å². The van der Waals surface area contributed by atoms with Gasteiger partial charge in [0.25, 0.3) is 0 Å². The summed E-state index contributed by atoms with van der Waals surface area (Å²) >= 11 is 6.56. The van der Waals surface area contributed by atoms with Crippen LogP contribution in [0.15, 0.2) is 30.3 Å². The molecular formula is C24H26ClFN6O. The van der Waals surface area contributed by atoms with Gasteiger partial charge in [0.1, 0.15) is 16.8 Å². The molecule has 7 nitrogen and oxygen atoms in total. The van der Waals surface area contributed by atoms with Crippen molar-refractivity contribution in [2.75, 3.05) is 6.54 Å². The van der Waals surface area contributed by atoms with Crippen molar-refractivity contribution in [2.45, 2.75) is 58.0 Å². The number of aryl methyl sites for hydroxylation is 2. The van der Waals surface area contributed by atoms with Gasteiger partial charge < -0.3 is 9.47 Å². The van der Waals surface area contributed by atoms with Crippen molar-refractivity contribution in [1.29, 1.82) is 0 Å². The summed E-state index contributed by atoms with van der Waals surface area (Å²) in [6, 6.07) is 5.89. The molecule has 5 rings (SSSR count). The minimum atomic E-state index is -0.325. The number of carbonyl (C=O) groups is 1. The Hall–Kier alpha value is -3.00. The average molecular weight is 469 g/mol. The zero-order chi connectivity index (χ0) is 22.9. The Morgan fingerprint density at radius 1 is 1.12 bits per heavy atom. The number of hydrogen-bond donors (Lipinski definition) is 0. The van der Waals surface area contributed by atoms with Crippen molar-refractivity contribution < 1.29 is 9.18 Å². The van der Waals surface area contributed by atoms with Crippen LogP contribution in [0.3, 0.4) is 0 Å². The third kappa shape index (κ3) is 4.19. The minimum absolute atomic E-state index is 0.0555. The Morgan fingerprint density at radius 2 is 1.94 bits per heavy atom. The third-order valence-electron chi connectivity index (χ3n) is 6.48. The van der Waals surface area contributed by atoms with Crippen LogP contribution >= 0.6 is 11.6 Å². The molecule has 3 aromatic rings. The minimum Gasteiger partial charge on any atom is -0.329 e. The summed E-state index contributed by atoms with van der Waals surface area (Å²) in [5.74, 6) is 1.54. The largest absolute Gasteiger partial charge is 0.329 e. The fraction of sp³-hybridized carbons (Fsp3) is 0.417. The van der Waals surface area contributed by atoms with Gasteiger partial charge in [0.2, 0.25) is 5.91 Å². The maximum atomic E-state index is 13.3. The number of hydrogen-bond acceptors (Lipinski definition) is 4. The van der Waals surface area contributed by atoms with Crippen molar-refractivity contribution in [3.8, 4) is 5.69 Å². The van der Waals surface area contributed by atoms with Gasteiger partial charge in [-0.05, 0) is 62.9 Å². The highest BCUT2D eigenvalue weighted by Gasteiger charge is 2.33. The molecule has 0 spiro atoms. The molecule has 1 atom stereocenters. The number of halogens is 2. The van der Waals surface area contributed by atoms with Gasteiger partial charge in [-0.15, -0.1) is 10.2 Å². The van der Waals surface area contributed by atoms with Gasteiger partial charge in [0, 0.05) is 31.1 Å². The quantitative estimate of drug-likeness (QED) is 0.522. The van der Waals surface area contributed by atoms with E-state index in [2.05, 4.69) is 19.9 Å². The van der Waals surface area contributed by atoms with E-state index >= 15 is 0 Å². The Labute approximate surface area is 196 Å². The molecule has 0 saturated carbocycles. The molecular weight excluding hydrogens is 443 g/mol. The Kier molecular flexibility index (Phi) is 6.01. The second kappa shape index (κ2) is 9.09. The number of likely N-dealkylation sites (tertiary alicyclic amines) is 1. The molecule has 1 amide bonds. The second-order valence-corrected chi connectivity index (χ2v) is 9.00. The molecule has 2 aromatic heterocycles. The summed E-state index contributed by atoms with van der Waals surface area (Å²) in [6.07, 6.45) is 9.51. The molecule has 172 valence electrons. The van der Waals surface area contributed by atoms with Crippen LogP contribution in [0.4, 0.5) is 4.39 Å². The molecule has 0 aliphatic carbocycles. The van der Waals surface area contributed by atoms with E-state index in [4.69, 9.17) is 11.6 Å². The number of carbonyl (C=O) groups excluding carboxylic acids is 1. The number of rotatable bonds is 4. The molecule has 33 heavy (non-hydrogen) atoms.